The van der Waals surface area contributed by atoms with Gasteiger partial charge in [-0.15, -0.1) is 0 Å². The first kappa shape index (κ1) is 16.5. The number of hydrogen-bond donors (Lipinski definition) is 0. The van der Waals surface area contributed by atoms with Crippen molar-refractivity contribution >= 4 is 21.9 Å². The predicted molar refractivity (Wildman–Crippen MR) is 111 cm³/mol. The first-order chi connectivity index (χ1) is 13.9. The smallest absolute Gasteiger partial charge is 0.148 e. The average Bonchev–Trinajstić information content (AvgIpc) is 3.11. The van der Waals surface area contributed by atoms with Gasteiger partial charge >= 0.3 is 0 Å². The Morgan fingerprint density at radius 3 is 2.54 bits per heavy atom. The summed E-state index contributed by atoms with van der Waals surface area (Å²) in [7, 11) is 0. The zero-order chi connectivity index (χ0) is 18.8. The number of nitrogens with zero attached hydrogens (tertiary/aromatic N) is 3. The lowest BCUT2D eigenvalue weighted by Crippen LogP contribution is -2.09. The molecule has 3 aromatic carbocycles. The van der Waals surface area contributed by atoms with Crippen molar-refractivity contribution in [1.82, 2.24) is 14.5 Å². The van der Waals surface area contributed by atoms with Gasteiger partial charge in [-0.25, -0.2) is 4.98 Å². The molecular weight excluding hydrogens is 346 g/mol. The van der Waals surface area contributed by atoms with Gasteiger partial charge < -0.3 is 9.30 Å². The highest BCUT2D eigenvalue weighted by Gasteiger charge is 2.13. The monoisotopic (exact) mass is 365 g/mol. The molecular formula is C24H19N3O. The van der Waals surface area contributed by atoms with Crippen molar-refractivity contribution in [2.75, 3.05) is 0 Å². The van der Waals surface area contributed by atoms with Crippen molar-refractivity contribution in [2.45, 2.75) is 13.2 Å². The highest BCUT2D eigenvalue weighted by molar-refractivity contribution is 5.82. The van der Waals surface area contributed by atoms with Gasteiger partial charge in [-0.2, -0.15) is 0 Å². The van der Waals surface area contributed by atoms with Crippen LogP contribution in [0.5, 0.6) is 5.75 Å². The molecule has 5 aromatic rings. The average molecular weight is 365 g/mol. The molecule has 28 heavy (non-hydrogen) atoms. The Balaban J connectivity index is 1.55. The largest absolute Gasteiger partial charge is 0.486 e. The molecule has 5 rings (SSSR count). The minimum absolute atomic E-state index is 0.414. The zero-order valence-corrected chi connectivity index (χ0v) is 15.3. The number of ether oxygens (including phenoxy) is 1. The maximum atomic E-state index is 5.99. The summed E-state index contributed by atoms with van der Waals surface area (Å²) in [5.74, 6) is 1.74. The van der Waals surface area contributed by atoms with Crippen LogP contribution >= 0.6 is 0 Å². The number of pyridine rings is 1. The van der Waals surface area contributed by atoms with Crippen molar-refractivity contribution in [2.24, 2.45) is 0 Å². The van der Waals surface area contributed by atoms with E-state index in [9.17, 15) is 0 Å². The van der Waals surface area contributed by atoms with Gasteiger partial charge in [-0.1, -0.05) is 54.6 Å². The van der Waals surface area contributed by atoms with Gasteiger partial charge in [0.15, 0.2) is 0 Å². The molecule has 0 amide bonds. The summed E-state index contributed by atoms with van der Waals surface area (Å²) >= 11 is 0. The molecule has 0 saturated heterocycles. The normalized spacial score (nSPS) is 11.1. The molecule has 4 nitrogen and oxygen atoms in total. The van der Waals surface area contributed by atoms with Crippen LogP contribution < -0.4 is 4.74 Å². The molecule has 0 bridgehead atoms. The number of aromatic nitrogens is 3. The fourth-order valence-corrected chi connectivity index (χ4v) is 3.54. The maximum Gasteiger partial charge on any atom is 0.148 e. The van der Waals surface area contributed by atoms with Crippen LogP contribution in [0.25, 0.3) is 21.9 Å². The van der Waals surface area contributed by atoms with Crippen molar-refractivity contribution in [3.63, 3.8) is 0 Å². The standard InChI is InChI=1S/C24H19N3O/c1-2-11-20(12-3-1)28-17-23-26-21-13-4-5-14-22(21)27(23)16-19-9-6-8-18-10-7-15-25-24(18)19/h1-15H,16-17H2. The molecule has 0 saturated carbocycles. The number of para-hydroxylation sites is 4. The van der Waals surface area contributed by atoms with Crippen LogP contribution in [0, 0.1) is 0 Å². The van der Waals surface area contributed by atoms with Crippen LogP contribution in [-0.2, 0) is 13.2 Å². The second-order valence-corrected chi connectivity index (χ2v) is 6.70. The summed E-state index contributed by atoms with van der Waals surface area (Å²) in [4.78, 5) is 9.42. The van der Waals surface area contributed by atoms with Gasteiger partial charge in [-0.3, -0.25) is 4.98 Å². The Kier molecular flexibility index (Phi) is 4.22. The quantitative estimate of drug-likeness (QED) is 0.429. The van der Waals surface area contributed by atoms with Gasteiger partial charge in [0.25, 0.3) is 0 Å². The van der Waals surface area contributed by atoms with E-state index in [4.69, 9.17) is 9.72 Å². The fourth-order valence-electron chi connectivity index (χ4n) is 3.54. The van der Waals surface area contributed by atoms with E-state index >= 15 is 0 Å². The van der Waals surface area contributed by atoms with E-state index in [-0.39, 0.29) is 0 Å². The summed E-state index contributed by atoms with van der Waals surface area (Å²) in [6, 6.07) is 28.4. The van der Waals surface area contributed by atoms with Gasteiger partial charge in [0.1, 0.15) is 18.2 Å². The van der Waals surface area contributed by atoms with E-state index in [1.807, 2.05) is 60.8 Å². The molecule has 2 heterocycles. The van der Waals surface area contributed by atoms with Gasteiger partial charge in [-0.05, 0) is 35.9 Å². The molecule has 0 N–H and O–H groups in total. The maximum absolute atomic E-state index is 5.99. The lowest BCUT2D eigenvalue weighted by molar-refractivity contribution is 0.291. The summed E-state index contributed by atoms with van der Waals surface area (Å²) in [5.41, 5.74) is 4.27. The summed E-state index contributed by atoms with van der Waals surface area (Å²) in [5, 5.41) is 1.14. The zero-order valence-electron chi connectivity index (χ0n) is 15.3. The van der Waals surface area contributed by atoms with Crippen molar-refractivity contribution < 1.29 is 4.74 Å². The molecule has 0 radical (unpaired) electrons. The van der Waals surface area contributed by atoms with Crippen LogP contribution in [-0.4, -0.2) is 14.5 Å². The van der Waals surface area contributed by atoms with E-state index in [1.165, 1.54) is 5.56 Å². The molecule has 0 aliphatic carbocycles. The van der Waals surface area contributed by atoms with Gasteiger partial charge in [0.05, 0.1) is 23.1 Å². The Bertz CT molecular complexity index is 1240. The van der Waals surface area contributed by atoms with Gasteiger partial charge in [0, 0.05) is 11.6 Å². The Morgan fingerprint density at radius 1 is 0.786 bits per heavy atom. The number of benzene rings is 3. The predicted octanol–water partition coefficient (Wildman–Crippen LogP) is 5.21. The molecule has 0 aliphatic heterocycles. The fraction of sp³-hybridized carbons (Fsp3) is 0.0833. The third kappa shape index (κ3) is 3.09. The molecule has 2 aromatic heterocycles. The molecule has 136 valence electrons. The third-order valence-electron chi connectivity index (χ3n) is 4.89. The second kappa shape index (κ2) is 7.16. The first-order valence-electron chi connectivity index (χ1n) is 9.33. The SMILES string of the molecule is c1ccc(OCc2nc3ccccc3n2Cc2cccc3cccnc23)cc1. The third-order valence-corrected chi connectivity index (χ3v) is 4.89. The van der Waals surface area contributed by atoms with Crippen molar-refractivity contribution in [3.8, 4) is 5.75 Å². The topological polar surface area (TPSA) is 39.9 Å². The van der Waals surface area contributed by atoms with Crippen LogP contribution in [0.4, 0.5) is 0 Å². The number of rotatable bonds is 5. The second-order valence-electron chi connectivity index (χ2n) is 6.70. The lowest BCUT2D eigenvalue weighted by Gasteiger charge is -2.12. The molecule has 4 heteroatoms. The molecule has 0 unspecified atom stereocenters. The number of hydrogen-bond acceptors (Lipinski definition) is 3. The van der Waals surface area contributed by atoms with E-state index in [0.717, 1.165) is 33.5 Å². The van der Waals surface area contributed by atoms with E-state index in [2.05, 4.69) is 39.9 Å². The Morgan fingerprint density at radius 2 is 1.61 bits per heavy atom. The highest BCUT2D eigenvalue weighted by atomic mass is 16.5. The van der Waals surface area contributed by atoms with E-state index in [0.29, 0.717) is 13.2 Å². The molecule has 0 spiro atoms. The highest BCUT2D eigenvalue weighted by Crippen LogP contribution is 2.23. The van der Waals surface area contributed by atoms with Crippen molar-refractivity contribution in [1.29, 1.82) is 0 Å². The summed E-state index contributed by atoms with van der Waals surface area (Å²) in [6.45, 7) is 1.11. The van der Waals surface area contributed by atoms with Crippen LogP contribution in [0.3, 0.4) is 0 Å². The summed E-state index contributed by atoms with van der Waals surface area (Å²) in [6.07, 6.45) is 1.84. The van der Waals surface area contributed by atoms with Crippen LogP contribution in [0.1, 0.15) is 11.4 Å². The molecule has 0 aliphatic rings. The summed E-state index contributed by atoms with van der Waals surface area (Å²) < 4.78 is 8.21. The van der Waals surface area contributed by atoms with Crippen molar-refractivity contribution in [3.05, 3.63) is 103 Å². The van der Waals surface area contributed by atoms with Crippen LogP contribution in [0.15, 0.2) is 91.1 Å². The Labute approximate surface area is 163 Å². The Hall–Kier alpha value is -3.66. The first-order valence-corrected chi connectivity index (χ1v) is 9.33. The number of fused-ring (bicyclic) bond motifs is 2. The minimum atomic E-state index is 0.414. The lowest BCUT2D eigenvalue weighted by atomic mass is 10.1. The van der Waals surface area contributed by atoms with E-state index in [1.54, 1.807) is 0 Å². The number of imidazole rings is 1. The van der Waals surface area contributed by atoms with E-state index < -0.39 is 0 Å². The molecule has 0 fully saturated rings. The van der Waals surface area contributed by atoms with Crippen LogP contribution in [0.2, 0.25) is 0 Å². The van der Waals surface area contributed by atoms with Gasteiger partial charge in [0.2, 0.25) is 0 Å². The molecule has 0 atom stereocenters. The minimum Gasteiger partial charge on any atom is -0.486 e.